The van der Waals surface area contributed by atoms with E-state index in [4.69, 9.17) is 23.7 Å². The van der Waals surface area contributed by atoms with E-state index in [9.17, 15) is 24.3 Å². The summed E-state index contributed by atoms with van der Waals surface area (Å²) in [5, 5.41) is 12.4. The molecule has 0 bridgehead atoms. The van der Waals surface area contributed by atoms with Crippen LogP contribution in [0.4, 0.5) is 5.69 Å². The third-order valence-corrected chi connectivity index (χ3v) is 5.22. The molecule has 38 heavy (non-hydrogen) atoms. The molecule has 0 saturated heterocycles. The third-order valence-electron chi connectivity index (χ3n) is 5.22. The zero-order chi connectivity index (χ0) is 27.7. The molecule has 0 saturated carbocycles. The Morgan fingerprint density at radius 3 is 1.71 bits per heavy atom. The molecule has 0 aliphatic heterocycles. The van der Waals surface area contributed by atoms with Crippen molar-refractivity contribution in [1.82, 2.24) is 0 Å². The summed E-state index contributed by atoms with van der Waals surface area (Å²) >= 11 is 0. The molecule has 0 aliphatic carbocycles. The van der Waals surface area contributed by atoms with Gasteiger partial charge in [-0.15, -0.1) is 0 Å². The molecule has 11 heteroatoms. The van der Waals surface area contributed by atoms with E-state index < -0.39 is 36.0 Å². The van der Waals surface area contributed by atoms with Gasteiger partial charge in [0.2, 0.25) is 12.2 Å². The van der Waals surface area contributed by atoms with Crippen LogP contribution in [-0.2, 0) is 19.1 Å². The first-order chi connectivity index (χ1) is 18.3. The fourth-order valence-electron chi connectivity index (χ4n) is 3.31. The van der Waals surface area contributed by atoms with Crippen LogP contribution < -0.4 is 19.5 Å². The van der Waals surface area contributed by atoms with Crippen LogP contribution in [-0.4, -0.2) is 62.5 Å². The van der Waals surface area contributed by atoms with Gasteiger partial charge in [-0.05, 0) is 48.5 Å². The number of para-hydroxylation sites is 2. The lowest BCUT2D eigenvalue weighted by Gasteiger charge is -2.24. The Hall–Kier alpha value is -5.06. The smallest absolute Gasteiger partial charge is 0.349 e. The maximum Gasteiger partial charge on any atom is 0.349 e. The number of benzene rings is 3. The second-order valence-electron chi connectivity index (χ2n) is 7.64. The lowest BCUT2D eigenvalue weighted by molar-refractivity contribution is -0.157. The van der Waals surface area contributed by atoms with Crippen LogP contribution in [0.15, 0.2) is 72.8 Å². The first-order valence-corrected chi connectivity index (χ1v) is 11.1. The molecule has 198 valence electrons. The van der Waals surface area contributed by atoms with E-state index in [-0.39, 0.29) is 22.6 Å². The van der Waals surface area contributed by atoms with Crippen molar-refractivity contribution in [2.75, 3.05) is 26.6 Å². The van der Waals surface area contributed by atoms with Crippen molar-refractivity contribution in [2.45, 2.75) is 12.2 Å². The number of aliphatic carboxylic acids is 1. The van der Waals surface area contributed by atoms with Gasteiger partial charge < -0.3 is 34.1 Å². The van der Waals surface area contributed by atoms with Crippen molar-refractivity contribution in [3.05, 3.63) is 83.9 Å². The summed E-state index contributed by atoms with van der Waals surface area (Å²) in [5.41, 5.74) is 0.104. The number of carbonyl (C=O) groups is 4. The van der Waals surface area contributed by atoms with Crippen LogP contribution in [0.1, 0.15) is 20.7 Å². The highest BCUT2D eigenvalue weighted by atomic mass is 16.6. The highest BCUT2D eigenvalue weighted by Crippen LogP contribution is 2.25. The molecule has 2 atom stereocenters. The average Bonchev–Trinajstić information content (AvgIpc) is 2.94. The molecule has 3 rings (SSSR count). The summed E-state index contributed by atoms with van der Waals surface area (Å²) in [7, 11) is 4.16. The maximum atomic E-state index is 13.3. The van der Waals surface area contributed by atoms with Crippen molar-refractivity contribution in [3.8, 4) is 17.2 Å². The average molecular weight is 523 g/mol. The van der Waals surface area contributed by atoms with E-state index >= 15 is 0 Å². The Labute approximate surface area is 217 Å². The number of hydrogen-bond donors (Lipinski definition) is 2. The lowest BCUT2D eigenvalue weighted by Crippen LogP contribution is -2.48. The minimum Gasteiger partial charge on any atom is -0.497 e. The zero-order valence-corrected chi connectivity index (χ0v) is 20.7. The summed E-state index contributed by atoms with van der Waals surface area (Å²) < 4.78 is 25.9. The second kappa shape index (κ2) is 12.8. The van der Waals surface area contributed by atoms with Crippen LogP contribution in [0.3, 0.4) is 0 Å². The molecule has 3 aromatic rings. The van der Waals surface area contributed by atoms with E-state index in [0.717, 1.165) is 0 Å². The van der Waals surface area contributed by atoms with E-state index in [0.29, 0.717) is 11.5 Å². The quantitative estimate of drug-likeness (QED) is 0.359. The van der Waals surface area contributed by atoms with Gasteiger partial charge in [-0.1, -0.05) is 24.3 Å². The van der Waals surface area contributed by atoms with Crippen LogP contribution >= 0.6 is 0 Å². The van der Waals surface area contributed by atoms with E-state index in [1.54, 1.807) is 30.3 Å². The SMILES string of the molecule is COc1cccc(C(=O)O[C@@H](C(=O)O)[C@@H](OC(=O)c2cccc(OC)c2)C(=O)Nc2ccccc2OC)c1. The Morgan fingerprint density at radius 2 is 1.21 bits per heavy atom. The molecular formula is C27H25NO10. The van der Waals surface area contributed by atoms with Crippen molar-refractivity contribution in [2.24, 2.45) is 0 Å². The van der Waals surface area contributed by atoms with Gasteiger partial charge in [0.05, 0.1) is 38.1 Å². The largest absolute Gasteiger partial charge is 0.497 e. The highest BCUT2D eigenvalue weighted by Gasteiger charge is 2.41. The fraction of sp³-hybridized carbons (Fsp3) is 0.185. The minimum absolute atomic E-state index is 0.0253. The molecule has 11 nitrogen and oxygen atoms in total. The summed E-state index contributed by atoms with van der Waals surface area (Å²) in [4.78, 5) is 51.2. The van der Waals surface area contributed by atoms with Gasteiger partial charge in [-0.3, -0.25) is 4.79 Å². The Kier molecular flexibility index (Phi) is 9.25. The number of rotatable bonds is 11. The summed E-state index contributed by atoms with van der Waals surface area (Å²) in [6.45, 7) is 0. The third kappa shape index (κ3) is 6.78. The van der Waals surface area contributed by atoms with Crippen molar-refractivity contribution < 1.29 is 48.0 Å². The Bertz CT molecular complexity index is 1320. The fourth-order valence-corrected chi connectivity index (χ4v) is 3.31. The van der Waals surface area contributed by atoms with Gasteiger partial charge in [0, 0.05) is 0 Å². The van der Waals surface area contributed by atoms with Crippen LogP contribution in [0.5, 0.6) is 17.2 Å². The van der Waals surface area contributed by atoms with Gasteiger partial charge in [0.15, 0.2) is 0 Å². The number of amides is 1. The summed E-state index contributed by atoms with van der Waals surface area (Å²) in [6, 6.07) is 17.9. The number of esters is 2. The topological polar surface area (TPSA) is 147 Å². The van der Waals surface area contributed by atoms with Gasteiger partial charge in [-0.2, -0.15) is 0 Å². The monoisotopic (exact) mass is 523 g/mol. The number of anilines is 1. The molecule has 1 amide bonds. The van der Waals surface area contributed by atoms with E-state index in [2.05, 4.69) is 5.32 Å². The lowest BCUT2D eigenvalue weighted by atomic mass is 10.1. The molecule has 0 spiro atoms. The molecule has 0 fully saturated rings. The molecule has 0 radical (unpaired) electrons. The highest BCUT2D eigenvalue weighted by molar-refractivity contribution is 6.02. The molecule has 0 aliphatic rings. The molecule has 0 unspecified atom stereocenters. The van der Waals surface area contributed by atoms with Crippen LogP contribution in [0, 0.1) is 0 Å². The Balaban J connectivity index is 1.95. The normalized spacial score (nSPS) is 11.9. The second-order valence-corrected chi connectivity index (χ2v) is 7.64. The summed E-state index contributed by atoms with van der Waals surface area (Å²) in [5.74, 6) is -4.01. The maximum absolute atomic E-state index is 13.3. The number of methoxy groups -OCH3 is 3. The number of carboxylic acids is 1. The summed E-state index contributed by atoms with van der Waals surface area (Å²) in [6.07, 6.45) is -4.30. The molecule has 0 heterocycles. The predicted molar refractivity (Wildman–Crippen MR) is 134 cm³/mol. The van der Waals surface area contributed by atoms with Crippen LogP contribution in [0.2, 0.25) is 0 Å². The number of ether oxygens (including phenoxy) is 5. The first-order valence-electron chi connectivity index (χ1n) is 11.1. The van der Waals surface area contributed by atoms with Gasteiger partial charge in [-0.25, -0.2) is 14.4 Å². The van der Waals surface area contributed by atoms with Crippen molar-refractivity contribution >= 4 is 29.5 Å². The first kappa shape index (κ1) is 27.5. The number of carbonyl (C=O) groups excluding carboxylic acids is 3. The molecular weight excluding hydrogens is 498 g/mol. The minimum atomic E-state index is -2.21. The Morgan fingerprint density at radius 1 is 0.684 bits per heavy atom. The van der Waals surface area contributed by atoms with Gasteiger partial charge in [0.25, 0.3) is 5.91 Å². The number of carboxylic acid groups (broad SMARTS) is 1. The molecule has 2 N–H and O–H groups in total. The zero-order valence-electron chi connectivity index (χ0n) is 20.7. The molecule has 3 aromatic carbocycles. The molecule has 0 aromatic heterocycles. The van der Waals surface area contributed by atoms with Crippen LogP contribution in [0.25, 0.3) is 0 Å². The van der Waals surface area contributed by atoms with Crippen molar-refractivity contribution in [1.29, 1.82) is 0 Å². The van der Waals surface area contributed by atoms with Crippen molar-refractivity contribution in [3.63, 3.8) is 0 Å². The van der Waals surface area contributed by atoms with E-state index in [1.165, 1.54) is 63.8 Å². The number of nitrogens with one attached hydrogen (secondary N) is 1. The predicted octanol–water partition coefficient (Wildman–Crippen LogP) is 3.19. The number of hydrogen-bond acceptors (Lipinski definition) is 9. The van der Waals surface area contributed by atoms with E-state index in [1.807, 2.05) is 0 Å². The standard InChI is InChI=1S/C27H25NO10/c1-34-18-10-6-8-16(14-18)26(32)37-22(24(29)28-20-12-4-5-13-21(20)36-3)23(25(30)31)38-27(33)17-9-7-11-19(15-17)35-2/h4-15,22-23H,1-3H3,(H,28,29)(H,30,31)/t22-,23-/m1/s1. The van der Waals surface area contributed by atoms with Gasteiger partial charge >= 0.3 is 17.9 Å². The van der Waals surface area contributed by atoms with Gasteiger partial charge in [0.1, 0.15) is 17.2 Å².